The molecule has 2 aromatic carbocycles. The Morgan fingerprint density at radius 3 is 2.24 bits per heavy atom. The van der Waals surface area contributed by atoms with Gasteiger partial charge in [-0.05, 0) is 30.5 Å². The Morgan fingerprint density at radius 1 is 0.905 bits per heavy atom. The maximum absolute atomic E-state index is 5.94. The molecule has 110 valence electrons. The Balaban J connectivity index is 1.65. The summed E-state index contributed by atoms with van der Waals surface area (Å²) in [6, 6.07) is 18.3. The summed E-state index contributed by atoms with van der Waals surface area (Å²) < 4.78 is 11.9. The molecule has 1 heterocycles. The first kappa shape index (κ1) is 14.1. The Labute approximate surface area is 125 Å². The maximum atomic E-state index is 5.94. The SMILES string of the molecule is Nc1ccc(CCCC2(c3ccccc3)OCCO2)cc1. The Bertz CT molecular complexity index is 560. The number of aryl methyl sites for hydroxylation is 1. The first-order valence-electron chi connectivity index (χ1n) is 7.46. The summed E-state index contributed by atoms with van der Waals surface area (Å²) in [5.74, 6) is -0.560. The van der Waals surface area contributed by atoms with Gasteiger partial charge in [0.1, 0.15) is 0 Å². The average Bonchev–Trinajstić information content (AvgIpc) is 3.00. The van der Waals surface area contributed by atoms with Gasteiger partial charge in [0.05, 0.1) is 13.2 Å². The lowest BCUT2D eigenvalue weighted by atomic mass is 9.98. The van der Waals surface area contributed by atoms with Crippen molar-refractivity contribution in [3.05, 3.63) is 65.7 Å². The van der Waals surface area contributed by atoms with Gasteiger partial charge in [0.15, 0.2) is 5.79 Å². The number of nitrogens with two attached hydrogens (primary N) is 1. The number of nitrogen functional groups attached to an aromatic ring is 1. The second-order valence-electron chi connectivity index (χ2n) is 5.41. The molecule has 3 nitrogen and oxygen atoms in total. The van der Waals surface area contributed by atoms with Crippen LogP contribution in [0.15, 0.2) is 54.6 Å². The van der Waals surface area contributed by atoms with Gasteiger partial charge in [0.25, 0.3) is 0 Å². The zero-order valence-corrected chi connectivity index (χ0v) is 12.1. The molecule has 1 saturated heterocycles. The molecule has 3 heteroatoms. The monoisotopic (exact) mass is 283 g/mol. The van der Waals surface area contributed by atoms with E-state index in [1.54, 1.807) is 0 Å². The highest BCUT2D eigenvalue weighted by atomic mass is 16.7. The van der Waals surface area contributed by atoms with E-state index in [-0.39, 0.29) is 0 Å². The molecule has 0 saturated carbocycles. The molecule has 0 aromatic heterocycles. The molecule has 3 rings (SSSR count). The minimum absolute atomic E-state index is 0.560. The van der Waals surface area contributed by atoms with Gasteiger partial charge in [0.2, 0.25) is 0 Å². The molecular weight excluding hydrogens is 262 g/mol. The highest BCUT2D eigenvalue weighted by molar-refractivity contribution is 5.39. The van der Waals surface area contributed by atoms with E-state index in [9.17, 15) is 0 Å². The third kappa shape index (κ3) is 3.26. The van der Waals surface area contributed by atoms with E-state index in [0.717, 1.165) is 30.5 Å². The van der Waals surface area contributed by atoms with Crippen molar-refractivity contribution < 1.29 is 9.47 Å². The molecule has 0 aliphatic carbocycles. The average molecular weight is 283 g/mol. The molecule has 0 atom stereocenters. The highest BCUT2D eigenvalue weighted by Crippen LogP contribution is 2.36. The molecule has 1 fully saturated rings. The fraction of sp³-hybridized carbons (Fsp3) is 0.333. The number of hydrogen-bond donors (Lipinski definition) is 1. The van der Waals surface area contributed by atoms with Crippen LogP contribution < -0.4 is 5.73 Å². The second kappa shape index (κ2) is 6.29. The Hall–Kier alpha value is -1.84. The summed E-state index contributed by atoms with van der Waals surface area (Å²) >= 11 is 0. The molecule has 0 spiro atoms. The van der Waals surface area contributed by atoms with Crippen molar-refractivity contribution in [1.82, 2.24) is 0 Å². The quantitative estimate of drug-likeness (QED) is 0.854. The van der Waals surface area contributed by atoms with Gasteiger partial charge in [0, 0.05) is 17.7 Å². The smallest absolute Gasteiger partial charge is 0.194 e. The largest absolute Gasteiger partial charge is 0.399 e. The lowest BCUT2D eigenvalue weighted by Gasteiger charge is -2.28. The Morgan fingerprint density at radius 2 is 1.57 bits per heavy atom. The predicted octanol–water partition coefficient (Wildman–Crippen LogP) is 3.49. The maximum Gasteiger partial charge on any atom is 0.194 e. The van der Waals surface area contributed by atoms with Crippen LogP contribution in [0.5, 0.6) is 0 Å². The van der Waals surface area contributed by atoms with Gasteiger partial charge >= 0.3 is 0 Å². The van der Waals surface area contributed by atoms with Crippen LogP contribution in [-0.2, 0) is 21.7 Å². The second-order valence-corrected chi connectivity index (χ2v) is 5.41. The third-order valence-electron chi connectivity index (χ3n) is 3.92. The number of rotatable bonds is 5. The van der Waals surface area contributed by atoms with Crippen LogP contribution in [0.4, 0.5) is 5.69 Å². The van der Waals surface area contributed by atoms with Crippen molar-refractivity contribution in [1.29, 1.82) is 0 Å². The van der Waals surface area contributed by atoms with Gasteiger partial charge in [-0.3, -0.25) is 0 Å². The van der Waals surface area contributed by atoms with Crippen molar-refractivity contribution in [2.75, 3.05) is 18.9 Å². The molecular formula is C18H21NO2. The van der Waals surface area contributed by atoms with Crippen LogP contribution in [0.3, 0.4) is 0 Å². The first-order valence-corrected chi connectivity index (χ1v) is 7.46. The summed E-state index contributed by atoms with van der Waals surface area (Å²) in [6.07, 6.45) is 2.88. The molecule has 0 bridgehead atoms. The molecule has 1 aliphatic rings. The van der Waals surface area contributed by atoms with Crippen LogP contribution >= 0.6 is 0 Å². The Kier molecular flexibility index (Phi) is 4.23. The van der Waals surface area contributed by atoms with E-state index in [1.165, 1.54) is 5.56 Å². The summed E-state index contributed by atoms with van der Waals surface area (Å²) in [6.45, 7) is 1.33. The van der Waals surface area contributed by atoms with Crippen LogP contribution in [0.1, 0.15) is 24.0 Å². The number of anilines is 1. The van der Waals surface area contributed by atoms with E-state index in [2.05, 4.69) is 24.3 Å². The molecule has 21 heavy (non-hydrogen) atoms. The lowest BCUT2D eigenvalue weighted by molar-refractivity contribution is -0.171. The number of hydrogen-bond acceptors (Lipinski definition) is 3. The highest BCUT2D eigenvalue weighted by Gasteiger charge is 2.37. The molecule has 0 unspecified atom stereocenters. The molecule has 0 radical (unpaired) electrons. The first-order chi connectivity index (χ1) is 10.3. The molecule has 1 aliphatic heterocycles. The standard InChI is InChI=1S/C18H21NO2/c19-17-10-8-15(9-11-17)5-4-12-18(20-13-14-21-18)16-6-2-1-3-7-16/h1-3,6-11H,4-5,12-14,19H2. The van der Waals surface area contributed by atoms with E-state index < -0.39 is 5.79 Å². The van der Waals surface area contributed by atoms with Gasteiger partial charge in [-0.2, -0.15) is 0 Å². The van der Waals surface area contributed by atoms with E-state index in [1.807, 2.05) is 30.3 Å². The van der Waals surface area contributed by atoms with E-state index in [4.69, 9.17) is 15.2 Å². The van der Waals surface area contributed by atoms with Crippen molar-refractivity contribution in [3.63, 3.8) is 0 Å². The summed E-state index contributed by atoms with van der Waals surface area (Å²) in [4.78, 5) is 0. The molecule has 2 N–H and O–H groups in total. The van der Waals surface area contributed by atoms with Gasteiger partial charge in [-0.25, -0.2) is 0 Å². The summed E-state index contributed by atoms with van der Waals surface area (Å²) in [7, 11) is 0. The third-order valence-corrected chi connectivity index (χ3v) is 3.92. The van der Waals surface area contributed by atoms with E-state index in [0.29, 0.717) is 13.2 Å². The topological polar surface area (TPSA) is 44.5 Å². The zero-order valence-electron chi connectivity index (χ0n) is 12.1. The van der Waals surface area contributed by atoms with Crippen molar-refractivity contribution in [2.45, 2.75) is 25.0 Å². The van der Waals surface area contributed by atoms with E-state index >= 15 is 0 Å². The molecule has 2 aromatic rings. The van der Waals surface area contributed by atoms with Crippen molar-refractivity contribution in [3.8, 4) is 0 Å². The normalized spacial score (nSPS) is 17.0. The van der Waals surface area contributed by atoms with Crippen molar-refractivity contribution >= 4 is 5.69 Å². The van der Waals surface area contributed by atoms with Gasteiger partial charge in [-0.15, -0.1) is 0 Å². The predicted molar refractivity (Wildman–Crippen MR) is 83.8 cm³/mol. The zero-order chi connectivity index (χ0) is 14.5. The van der Waals surface area contributed by atoms with Gasteiger partial charge < -0.3 is 15.2 Å². The fourth-order valence-electron chi connectivity index (χ4n) is 2.81. The number of benzene rings is 2. The van der Waals surface area contributed by atoms with Crippen LogP contribution in [-0.4, -0.2) is 13.2 Å². The summed E-state index contributed by atoms with van der Waals surface area (Å²) in [5, 5.41) is 0. The van der Waals surface area contributed by atoms with Crippen LogP contribution in [0.25, 0.3) is 0 Å². The van der Waals surface area contributed by atoms with Crippen molar-refractivity contribution in [2.24, 2.45) is 0 Å². The lowest BCUT2D eigenvalue weighted by Crippen LogP contribution is -2.27. The minimum atomic E-state index is -0.560. The van der Waals surface area contributed by atoms with Crippen LogP contribution in [0.2, 0.25) is 0 Å². The fourth-order valence-corrected chi connectivity index (χ4v) is 2.81. The summed E-state index contributed by atoms with van der Waals surface area (Å²) in [5.41, 5.74) is 8.93. The van der Waals surface area contributed by atoms with Crippen LogP contribution in [0, 0.1) is 0 Å². The van der Waals surface area contributed by atoms with Gasteiger partial charge in [-0.1, -0.05) is 42.5 Å². The molecule has 0 amide bonds. The number of ether oxygens (including phenoxy) is 2. The minimum Gasteiger partial charge on any atom is -0.399 e.